The molecule has 0 N–H and O–H groups in total. The molecule has 0 saturated carbocycles. The lowest BCUT2D eigenvalue weighted by Gasteiger charge is -2.12. The fourth-order valence-electron chi connectivity index (χ4n) is 2.54. The summed E-state index contributed by atoms with van der Waals surface area (Å²) < 4.78 is 0. The monoisotopic (exact) mass is 306 g/mol. The number of hydrogen-bond donors (Lipinski definition) is 0. The average Bonchev–Trinajstić information content (AvgIpc) is 2.44. The van der Waals surface area contributed by atoms with Crippen molar-refractivity contribution < 1.29 is 9.59 Å². The Labute approximate surface area is 137 Å². The van der Waals surface area contributed by atoms with Gasteiger partial charge in [0.2, 0.25) is 0 Å². The third kappa shape index (κ3) is 13.8. The van der Waals surface area contributed by atoms with E-state index in [0.717, 1.165) is 24.7 Å². The predicted octanol–water partition coefficient (Wildman–Crippen LogP) is 5.67. The van der Waals surface area contributed by atoms with Crippen LogP contribution in [-0.4, -0.2) is 12.1 Å². The number of hydrogen-bond acceptors (Lipinski definition) is 2. The molecule has 0 spiro atoms. The van der Waals surface area contributed by atoms with Crippen LogP contribution < -0.4 is 0 Å². The number of carbonyl (C=O) groups excluding carboxylic acids is 2. The molecule has 0 aliphatic carbocycles. The minimum atomic E-state index is 0.0231. The van der Waals surface area contributed by atoms with Crippen molar-refractivity contribution in [2.45, 2.75) is 79.1 Å². The molecule has 126 valence electrons. The molecular formula is C20H34O2. The van der Waals surface area contributed by atoms with Crippen LogP contribution >= 0.6 is 0 Å². The van der Waals surface area contributed by atoms with Crippen molar-refractivity contribution in [1.82, 2.24) is 0 Å². The summed E-state index contributed by atoms with van der Waals surface area (Å²) in [7, 11) is 0. The maximum Gasteiger partial charge on any atom is 0.156 e. The summed E-state index contributed by atoms with van der Waals surface area (Å²) in [4.78, 5) is 21.5. The molecule has 1 atom stereocenters. The Morgan fingerprint density at radius 2 is 1.68 bits per heavy atom. The number of aldehydes is 1. The maximum atomic E-state index is 11.4. The van der Waals surface area contributed by atoms with Gasteiger partial charge in [-0.15, -0.1) is 0 Å². The maximum absolute atomic E-state index is 11.4. The van der Waals surface area contributed by atoms with Gasteiger partial charge in [0.1, 0.15) is 6.29 Å². The Morgan fingerprint density at radius 3 is 2.32 bits per heavy atom. The van der Waals surface area contributed by atoms with Crippen LogP contribution in [0.5, 0.6) is 0 Å². The lowest BCUT2D eigenvalue weighted by atomic mass is 9.94. The molecule has 0 aliphatic heterocycles. The Morgan fingerprint density at radius 1 is 1.00 bits per heavy atom. The summed E-state index contributed by atoms with van der Waals surface area (Å²) in [6.45, 7) is 9.09. The van der Waals surface area contributed by atoms with Crippen molar-refractivity contribution >= 4 is 12.1 Å². The molecule has 2 heteroatoms. The lowest BCUT2D eigenvalue weighted by Crippen LogP contribution is -1.97. The summed E-state index contributed by atoms with van der Waals surface area (Å²) in [6, 6.07) is 0. The van der Waals surface area contributed by atoms with Crippen molar-refractivity contribution in [3.8, 4) is 0 Å². The zero-order valence-corrected chi connectivity index (χ0v) is 14.9. The number of ketones is 1. The quantitative estimate of drug-likeness (QED) is 0.249. The molecule has 0 fully saturated rings. The van der Waals surface area contributed by atoms with Gasteiger partial charge in [-0.25, -0.2) is 0 Å². The lowest BCUT2D eigenvalue weighted by molar-refractivity contribution is -0.114. The fourth-order valence-corrected chi connectivity index (χ4v) is 2.54. The molecule has 0 aromatic carbocycles. The van der Waals surface area contributed by atoms with Gasteiger partial charge in [0.15, 0.2) is 5.78 Å². The smallest absolute Gasteiger partial charge is 0.156 e. The first-order chi connectivity index (χ1) is 10.5. The van der Waals surface area contributed by atoms with E-state index in [9.17, 15) is 9.59 Å². The highest BCUT2D eigenvalue weighted by atomic mass is 16.1. The van der Waals surface area contributed by atoms with Crippen LogP contribution in [0.2, 0.25) is 0 Å². The summed E-state index contributed by atoms with van der Waals surface area (Å²) in [5, 5.41) is 0. The molecule has 0 amide bonds. The summed E-state index contributed by atoms with van der Waals surface area (Å²) in [5.74, 6) is 1.66. The Balaban J connectivity index is 3.72. The third-order valence-electron chi connectivity index (χ3n) is 3.99. The van der Waals surface area contributed by atoms with Gasteiger partial charge in [-0.1, -0.05) is 58.1 Å². The predicted molar refractivity (Wildman–Crippen MR) is 94.9 cm³/mol. The molecule has 0 bridgehead atoms. The van der Waals surface area contributed by atoms with Gasteiger partial charge >= 0.3 is 0 Å². The molecule has 0 aliphatic rings. The van der Waals surface area contributed by atoms with Gasteiger partial charge in [0.05, 0.1) is 0 Å². The zero-order chi connectivity index (χ0) is 16.8. The topological polar surface area (TPSA) is 34.1 Å². The van der Waals surface area contributed by atoms with Gasteiger partial charge in [0.25, 0.3) is 0 Å². The minimum Gasteiger partial charge on any atom is -0.299 e. The highest BCUT2D eigenvalue weighted by Crippen LogP contribution is 2.19. The largest absolute Gasteiger partial charge is 0.299 e. The van der Waals surface area contributed by atoms with Crippen molar-refractivity contribution in [3.63, 3.8) is 0 Å². The van der Waals surface area contributed by atoms with E-state index >= 15 is 0 Å². The van der Waals surface area contributed by atoms with E-state index in [-0.39, 0.29) is 5.78 Å². The summed E-state index contributed by atoms with van der Waals surface area (Å²) >= 11 is 0. The second-order valence-corrected chi connectivity index (χ2v) is 6.87. The van der Waals surface area contributed by atoms with Gasteiger partial charge in [-0.3, -0.25) is 9.59 Å². The normalized spacial score (nSPS) is 13.8. The van der Waals surface area contributed by atoms with Crippen LogP contribution in [-0.2, 0) is 9.59 Å². The van der Waals surface area contributed by atoms with E-state index in [2.05, 4.69) is 33.8 Å². The molecule has 0 aromatic rings. The van der Waals surface area contributed by atoms with Gasteiger partial charge < -0.3 is 0 Å². The van der Waals surface area contributed by atoms with E-state index in [0.29, 0.717) is 12.7 Å². The van der Waals surface area contributed by atoms with Crippen molar-refractivity contribution in [2.75, 3.05) is 0 Å². The molecule has 0 aromatic heterocycles. The van der Waals surface area contributed by atoms with E-state index in [1.807, 2.05) is 0 Å². The highest BCUT2D eigenvalue weighted by molar-refractivity contribution is 5.92. The molecule has 1 unspecified atom stereocenters. The zero-order valence-electron chi connectivity index (χ0n) is 14.9. The van der Waals surface area contributed by atoms with Crippen molar-refractivity contribution in [2.24, 2.45) is 11.8 Å². The van der Waals surface area contributed by atoms with Crippen LogP contribution in [0.15, 0.2) is 23.8 Å². The first-order valence-electron chi connectivity index (χ1n) is 8.76. The summed E-state index contributed by atoms with van der Waals surface area (Å²) in [6.07, 6.45) is 14.4. The fraction of sp³-hybridized carbons (Fsp3) is 0.700. The molecular weight excluding hydrogens is 272 g/mol. The SMILES string of the molecule is CC(=CCCC(=O)C=CC=O)CCCC(C)CCCC(C)C. The van der Waals surface area contributed by atoms with Gasteiger partial charge in [-0.2, -0.15) is 0 Å². The molecule has 0 rings (SSSR count). The molecule has 0 saturated heterocycles. The molecule has 0 radical (unpaired) electrons. The first kappa shape index (κ1) is 20.8. The van der Waals surface area contributed by atoms with Crippen molar-refractivity contribution in [3.05, 3.63) is 23.8 Å². The number of carbonyl (C=O) groups is 2. The number of allylic oxidation sites excluding steroid dienone is 4. The van der Waals surface area contributed by atoms with Crippen LogP contribution in [0.4, 0.5) is 0 Å². The average molecular weight is 306 g/mol. The van der Waals surface area contributed by atoms with Gasteiger partial charge in [0, 0.05) is 6.42 Å². The number of rotatable bonds is 13. The van der Waals surface area contributed by atoms with Crippen LogP contribution in [0.3, 0.4) is 0 Å². The van der Waals surface area contributed by atoms with E-state index < -0.39 is 0 Å². The van der Waals surface area contributed by atoms with E-state index in [4.69, 9.17) is 0 Å². The Kier molecular flexibility index (Phi) is 12.8. The van der Waals surface area contributed by atoms with Crippen LogP contribution in [0.1, 0.15) is 79.1 Å². The van der Waals surface area contributed by atoms with E-state index in [1.54, 1.807) is 0 Å². The summed E-state index contributed by atoms with van der Waals surface area (Å²) in [5.41, 5.74) is 1.38. The standard InChI is InChI=1S/C20H34O2/c1-17(2)9-5-10-18(3)11-6-12-19(4)13-7-14-20(22)15-8-16-21/h8,13,15-18H,5-7,9-12,14H2,1-4H3. The van der Waals surface area contributed by atoms with E-state index in [1.165, 1.54) is 49.8 Å². The highest BCUT2D eigenvalue weighted by Gasteiger charge is 2.03. The Bertz CT molecular complexity index is 364. The van der Waals surface area contributed by atoms with Gasteiger partial charge in [-0.05, 0) is 50.2 Å². The minimum absolute atomic E-state index is 0.0231. The molecule has 0 heterocycles. The van der Waals surface area contributed by atoms with Crippen LogP contribution in [0, 0.1) is 11.8 Å². The molecule has 22 heavy (non-hydrogen) atoms. The van der Waals surface area contributed by atoms with Crippen LogP contribution in [0.25, 0.3) is 0 Å². The third-order valence-corrected chi connectivity index (χ3v) is 3.99. The Hall–Kier alpha value is -1.18. The molecule has 2 nitrogen and oxygen atoms in total. The second-order valence-electron chi connectivity index (χ2n) is 6.87. The first-order valence-corrected chi connectivity index (χ1v) is 8.76. The second kappa shape index (κ2) is 13.5. The van der Waals surface area contributed by atoms with Crippen molar-refractivity contribution in [1.29, 1.82) is 0 Å².